The largest absolute Gasteiger partial charge is 0.492 e. The second kappa shape index (κ2) is 4.11. The van der Waals surface area contributed by atoms with Crippen molar-refractivity contribution >= 4 is 11.3 Å². The van der Waals surface area contributed by atoms with E-state index in [9.17, 15) is 0 Å². The van der Waals surface area contributed by atoms with Crippen molar-refractivity contribution < 1.29 is 9.84 Å². The zero-order valence-corrected chi connectivity index (χ0v) is 9.15. The van der Waals surface area contributed by atoms with Gasteiger partial charge in [0.05, 0.1) is 13.2 Å². The molecule has 0 aromatic carbocycles. The fourth-order valence-electron chi connectivity index (χ4n) is 0.842. The highest BCUT2D eigenvalue weighted by Crippen LogP contribution is 2.25. The van der Waals surface area contributed by atoms with Crippen LogP contribution in [0.4, 0.5) is 0 Å². The van der Waals surface area contributed by atoms with Crippen LogP contribution in [-0.2, 0) is 0 Å². The van der Waals surface area contributed by atoms with Gasteiger partial charge in [0.25, 0.3) is 0 Å². The molecule has 0 saturated carbocycles. The molecule has 13 heavy (non-hydrogen) atoms. The Bertz CT molecular complexity index is 266. The third-order valence-corrected chi connectivity index (χ3v) is 2.68. The van der Waals surface area contributed by atoms with E-state index >= 15 is 0 Å². The lowest BCUT2D eigenvalue weighted by atomic mass is 9.97. The third-order valence-electron chi connectivity index (χ3n) is 1.86. The van der Waals surface area contributed by atoms with Crippen LogP contribution in [0.25, 0.3) is 0 Å². The number of thiophene rings is 1. The molecular formula is C10H16O2S. The number of aryl methyl sites for hydroxylation is 1. The average Bonchev–Trinajstić information content (AvgIpc) is 2.48. The molecule has 0 unspecified atom stereocenters. The summed E-state index contributed by atoms with van der Waals surface area (Å²) in [5.74, 6) is 0.937. The summed E-state index contributed by atoms with van der Waals surface area (Å²) in [4.78, 5) is 1.19. The van der Waals surface area contributed by atoms with Crippen LogP contribution < -0.4 is 4.74 Å². The molecule has 3 heteroatoms. The molecule has 0 amide bonds. The maximum absolute atomic E-state index is 9.01. The lowest BCUT2D eigenvalue weighted by Gasteiger charge is -2.21. The predicted octanol–water partition coefficient (Wildman–Crippen LogP) is 2.45. The van der Waals surface area contributed by atoms with Crippen LogP contribution in [0.1, 0.15) is 18.7 Å². The monoisotopic (exact) mass is 200 g/mol. The first-order valence-corrected chi connectivity index (χ1v) is 5.21. The highest BCUT2D eigenvalue weighted by atomic mass is 32.1. The van der Waals surface area contributed by atoms with Crippen molar-refractivity contribution in [2.75, 3.05) is 13.2 Å². The van der Waals surface area contributed by atoms with Gasteiger partial charge in [-0.2, -0.15) is 0 Å². The fraction of sp³-hybridized carbons (Fsp3) is 0.600. The van der Waals surface area contributed by atoms with Gasteiger partial charge in [-0.05, 0) is 18.4 Å². The molecule has 0 aliphatic heterocycles. The van der Waals surface area contributed by atoms with E-state index in [1.54, 1.807) is 11.3 Å². The van der Waals surface area contributed by atoms with E-state index in [1.165, 1.54) is 4.88 Å². The minimum Gasteiger partial charge on any atom is -0.492 e. The summed E-state index contributed by atoms with van der Waals surface area (Å²) in [6.07, 6.45) is 0. The van der Waals surface area contributed by atoms with Gasteiger partial charge in [-0.15, -0.1) is 11.3 Å². The molecule has 0 atom stereocenters. The standard InChI is InChI=1S/C10H16O2S/c1-8-9(4-5-13-8)12-7-10(2,3)6-11/h4-5,11H,6-7H2,1-3H3. The summed E-state index contributed by atoms with van der Waals surface area (Å²) >= 11 is 1.68. The molecule has 0 bridgehead atoms. The normalized spacial score (nSPS) is 11.7. The first-order valence-electron chi connectivity index (χ1n) is 4.33. The van der Waals surface area contributed by atoms with Crippen molar-refractivity contribution in [2.45, 2.75) is 20.8 Å². The van der Waals surface area contributed by atoms with Crippen molar-refractivity contribution in [3.63, 3.8) is 0 Å². The summed E-state index contributed by atoms with van der Waals surface area (Å²) in [5, 5.41) is 11.0. The Morgan fingerprint density at radius 2 is 2.23 bits per heavy atom. The summed E-state index contributed by atoms with van der Waals surface area (Å²) in [6.45, 7) is 6.70. The van der Waals surface area contributed by atoms with Crippen LogP contribution in [0.15, 0.2) is 11.4 Å². The number of aliphatic hydroxyl groups is 1. The lowest BCUT2D eigenvalue weighted by molar-refractivity contribution is 0.0975. The van der Waals surface area contributed by atoms with Gasteiger partial charge in [0.1, 0.15) is 5.75 Å². The van der Waals surface area contributed by atoms with Crippen LogP contribution >= 0.6 is 11.3 Å². The molecule has 0 saturated heterocycles. The Morgan fingerprint density at radius 1 is 1.54 bits per heavy atom. The Morgan fingerprint density at radius 3 is 2.69 bits per heavy atom. The number of hydrogen-bond donors (Lipinski definition) is 1. The minimum absolute atomic E-state index is 0.149. The molecule has 1 heterocycles. The summed E-state index contributed by atoms with van der Waals surface area (Å²) in [6, 6.07) is 1.97. The zero-order valence-electron chi connectivity index (χ0n) is 8.33. The van der Waals surface area contributed by atoms with Crippen LogP contribution in [0.5, 0.6) is 5.75 Å². The molecule has 0 aliphatic carbocycles. The predicted molar refractivity (Wildman–Crippen MR) is 55.4 cm³/mol. The van der Waals surface area contributed by atoms with E-state index < -0.39 is 0 Å². The molecule has 1 aromatic heterocycles. The highest BCUT2D eigenvalue weighted by Gasteiger charge is 2.17. The van der Waals surface area contributed by atoms with Gasteiger partial charge in [0.2, 0.25) is 0 Å². The van der Waals surface area contributed by atoms with E-state index in [-0.39, 0.29) is 12.0 Å². The van der Waals surface area contributed by atoms with Crippen molar-refractivity contribution in [3.8, 4) is 5.75 Å². The maximum atomic E-state index is 9.01. The van der Waals surface area contributed by atoms with E-state index in [1.807, 2.05) is 32.2 Å². The smallest absolute Gasteiger partial charge is 0.132 e. The van der Waals surface area contributed by atoms with Crippen molar-refractivity contribution in [1.82, 2.24) is 0 Å². The fourth-order valence-corrected chi connectivity index (χ4v) is 1.48. The topological polar surface area (TPSA) is 29.5 Å². The quantitative estimate of drug-likeness (QED) is 0.809. The van der Waals surface area contributed by atoms with E-state index in [4.69, 9.17) is 9.84 Å². The average molecular weight is 200 g/mol. The summed E-state index contributed by atoms with van der Waals surface area (Å²) < 4.78 is 5.58. The van der Waals surface area contributed by atoms with Crippen molar-refractivity contribution in [2.24, 2.45) is 5.41 Å². The van der Waals surface area contributed by atoms with Crippen LogP contribution in [0, 0.1) is 12.3 Å². The van der Waals surface area contributed by atoms with Gasteiger partial charge in [-0.1, -0.05) is 13.8 Å². The van der Waals surface area contributed by atoms with Crippen LogP contribution in [0.2, 0.25) is 0 Å². The summed E-state index contributed by atoms with van der Waals surface area (Å²) in [5.41, 5.74) is -0.158. The third kappa shape index (κ3) is 3.01. The lowest BCUT2D eigenvalue weighted by Crippen LogP contribution is -2.25. The molecule has 0 aliphatic rings. The molecule has 0 fully saturated rings. The molecule has 2 nitrogen and oxygen atoms in total. The van der Waals surface area contributed by atoms with Crippen LogP contribution in [-0.4, -0.2) is 18.3 Å². The number of rotatable bonds is 4. The first kappa shape index (κ1) is 10.5. The number of hydrogen-bond acceptors (Lipinski definition) is 3. The molecule has 1 N–H and O–H groups in total. The summed E-state index contributed by atoms with van der Waals surface area (Å²) in [7, 11) is 0. The maximum Gasteiger partial charge on any atom is 0.132 e. The van der Waals surface area contributed by atoms with Gasteiger partial charge < -0.3 is 9.84 Å². The highest BCUT2D eigenvalue weighted by molar-refractivity contribution is 7.10. The first-order chi connectivity index (χ1) is 6.05. The molecule has 0 spiro atoms. The second-order valence-corrected chi connectivity index (χ2v) is 5.07. The second-order valence-electron chi connectivity index (χ2n) is 3.95. The molecule has 74 valence electrons. The molecule has 1 rings (SSSR count). The van der Waals surface area contributed by atoms with Gasteiger partial charge in [0.15, 0.2) is 0 Å². The minimum atomic E-state index is -0.158. The van der Waals surface area contributed by atoms with Gasteiger partial charge in [0, 0.05) is 10.3 Å². The SMILES string of the molecule is Cc1sccc1OCC(C)(C)CO. The van der Waals surface area contributed by atoms with E-state index in [0.29, 0.717) is 6.61 Å². The molecular weight excluding hydrogens is 184 g/mol. The Labute approximate surface area is 83.2 Å². The van der Waals surface area contributed by atoms with E-state index in [0.717, 1.165) is 5.75 Å². The number of aliphatic hydroxyl groups excluding tert-OH is 1. The van der Waals surface area contributed by atoms with Gasteiger partial charge >= 0.3 is 0 Å². The van der Waals surface area contributed by atoms with Crippen molar-refractivity contribution in [3.05, 3.63) is 16.3 Å². The Kier molecular flexibility index (Phi) is 3.33. The molecule has 0 radical (unpaired) electrons. The molecule has 1 aromatic rings. The number of ether oxygens (including phenoxy) is 1. The van der Waals surface area contributed by atoms with Crippen LogP contribution in [0.3, 0.4) is 0 Å². The zero-order chi connectivity index (χ0) is 9.90. The van der Waals surface area contributed by atoms with Gasteiger partial charge in [-0.25, -0.2) is 0 Å². The van der Waals surface area contributed by atoms with E-state index in [2.05, 4.69) is 0 Å². The van der Waals surface area contributed by atoms with Crippen molar-refractivity contribution in [1.29, 1.82) is 0 Å². The Hall–Kier alpha value is -0.540. The van der Waals surface area contributed by atoms with Gasteiger partial charge in [-0.3, -0.25) is 0 Å². The Balaban J connectivity index is 2.48.